The maximum Gasteiger partial charge on any atom is 0.224 e. The van der Waals surface area contributed by atoms with Gasteiger partial charge in [-0.3, -0.25) is 4.90 Å². The minimum absolute atomic E-state index is 0. The summed E-state index contributed by atoms with van der Waals surface area (Å²) in [6.07, 6.45) is 6.40. The fourth-order valence-corrected chi connectivity index (χ4v) is 4.67. The first kappa shape index (κ1) is 26.8. The van der Waals surface area contributed by atoms with Gasteiger partial charge in [-0.1, -0.05) is 19.1 Å². The summed E-state index contributed by atoms with van der Waals surface area (Å²) in [5.74, 6) is 0.335. The van der Waals surface area contributed by atoms with Gasteiger partial charge in [0.05, 0.1) is 18.0 Å². The van der Waals surface area contributed by atoms with Crippen LogP contribution in [0.5, 0.6) is 0 Å². The molecule has 1 aromatic carbocycles. The molecular formula is C25H31ClF2N8O. The molecular weight excluding hydrogens is 502 g/mol. The number of nitrogens with two attached hydrogens (primary N) is 1. The van der Waals surface area contributed by atoms with E-state index in [0.717, 1.165) is 43.4 Å². The van der Waals surface area contributed by atoms with Crippen molar-refractivity contribution in [3.05, 3.63) is 59.4 Å². The fourth-order valence-electron chi connectivity index (χ4n) is 4.67. The summed E-state index contributed by atoms with van der Waals surface area (Å²) in [7, 11) is 0. The Labute approximate surface area is 220 Å². The summed E-state index contributed by atoms with van der Waals surface area (Å²) in [6.45, 7) is 6.90. The number of hydrogen-bond donors (Lipinski definition) is 2. The van der Waals surface area contributed by atoms with Gasteiger partial charge in [0.15, 0.2) is 5.82 Å². The van der Waals surface area contributed by atoms with E-state index in [4.69, 9.17) is 5.73 Å². The van der Waals surface area contributed by atoms with Crippen molar-refractivity contribution in [1.82, 2.24) is 24.6 Å². The second-order valence-electron chi connectivity index (χ2n) is 9.13. The normalized spacial score (nSPS) is 16.8. The predicted octanol–water partition coefficient (Wildman–Crippen LogP) is 2.52. The SMILES string of the molecule is CCc1c(/C=C/CN2CCN(c3cc(F)cc(F)c3)CC2)cnn1-c1cc(N2CC(O)C2)nc(N)n1.Cl. The number of nitrogens with zero attached hydrogens (tertiary/aromatic N) is 7. The number of anilines is 3. The minimum atomic E-state index is -0.553. The topological polar surface area (TPSA) is 99.6 Å². The molecule has 2 aliphatic heterocycles. The van der Waals surface area contributed by atoms with Gasteiger partial charge in [0.25, 0.3) is 0 Å². The Kier molecular flexibility index (Phi) is 8.25. The van der Waals surface area contributed by atoms with Crippen LogP contribution in [0.3, 0.4) is 0 Å². The number of β-amino-alcohol motifs (C(OH)–C–C–N with tert-alkyl or cyclic N) is 1. The summed E-state index contributed by atoms with van der Waals surface area (Å²) in [4.78, 5) is 14.9. The summed E-state index contributed by atoms with van der Waals surface area (Å²) in [6, 6.07) is 5.49. The molecule has 0 amide bonds. The maximum atomic E-state index is 13.5. The standard InChI is InChI=1S/C25H30F2N8O.ClH/c1-2-22-17(14-29-35(22)24-13-23(30-25(28)31-24)34-15-21(36)16-34)4-3-5-32-6-8-33(9-7-32)20-11-18(26)10-19(27)12-20;/h3-4,10-14,21,36H,2,5-9,15-16H2,1H3,(H2,28,30,31);1H/b4-3+;. The molecule has 2 fully saturated rings. The Hall–Kier alpha value is -3.28. The van der Waals surface area contributed by atoms with Gasteiger partial charge in [-0.25, -0.2) is 13.5 Å². The van der Waals surface area contributed by atoms with E-state index in [1.165, 1.54) is 12.1 Å². The highest BCUT2D eigenvalue weighted by atomic mass is 35.5. The number of rotatable bonds is 7. The van der Waals surface area contributed by atoms with Crippen LogP contribution in [0.25, 0.3) is 11.9 Å². The number of piperazine rings is 1. The van der Waals surface area contributed by atoms with Crippen molar-refractivity contribution in [2.75, 3.05) is 61.3 Å². The predicted molar refractivity (Wildman–Crippen MR) is 142 cm³/mol. The van der Waals surface area contributed by atoms with Gasteiger partial charge in [-0.2, -0.15) is 15.1 Å². The van der Waals surface area contributed by atoms with Crippen molar-refractivity contribution in [1.29, 1.82) is 0 Å². The van der Waals surface area contributed by atoms with Gasteiger partial charge in [0.1, 0.15) is 17.5 Å². The average Bonchev–Trinajstić information content (AvgIpc) is 3.24. The van der Waals surface area contributed by atoms with Crippen molar-refractivity contribution >= 4 is 35.9 Å². The first-order valence-corrected chi connectivity index (χ1v) is 12.1. The van der Waals surface area contributed by atoms with E-state index < -0.39 is 11.6 Å². The summed E-state index contributed by atoms with van der Waals surface area (Å²) >= 11 is 0. The molecule has 5 rings (SSSR count). The van der Waals surface area contributed by atoms with Crippen LogP contribution >= 0.6 is 12.4 Å². The zero-order chi connectivity index (χ0) is 25.2. The van der Waals surface area contributed by atoms with E-state index in [0.29, 0.717) is 43.5 Å². The molecule has 0 spiro atoms. The molecule has 0 aliphatic carbocycles. The third kappa shape index (κ3) is 6.00. The van der Waals surface area contributed by atoms with E-state index in [1.54, 1.807) is 4.68 Å². The third-order valence-corrected chi connectivity index (χ3v) is 6.60. The van der Waals surface area contributed by atoms with E-state index in [2.05, 4.69) is 39.0 Å². The monoisotopic (exact) mass is 532 g/mol. The lowest BCUT2D eigenvalue weighted by Crippen LogP contribution is -2.51. The van der Waals surface area contributed by atoms with Gasteiger partial charge in [0, 0.05) is 69.2 Å². The smallest absolute Gasteiger partial charge is 0.224 e. The van der Waals surface area contributed by atoms with E-state index in [9.17, 15) is 13.9 Å². The molecule has 37 heavy (non-hydrogen) atoms. The zero-order valence-electron chi connectivity index (χ0n) is 20.6. The van der Waals surface area contributed by atoms with Crippen molar-refractivity contribution < 1.29 is 13.9 Å². The van der Waals surface area contributed by atoms with Crippen molar-refractivity contribution in [3.8, 4) is 5.82 Å². The molecule has 3 aromatic rings. The van der Waals surface area contributed by atoms with Crippen LogP contribution in [0.1, 0.15) is 18.2 Å². The highest BCUT2D eigenvalue weighted by molar-refractivity contribution is 5.85. The Morgan fingerprint density at radius 1 is 1.00 bits per heavy atom. The Morgan fingerprint density at radius 2 is 1.68 bits per heavy atom. The average molecular weight is 533 g/mol. The fraction of sp³-hybridized carbons (Fsp3) is 0.400. The molecule has 4 heterocycles. The highest BCUT2D eigenvalue weighted by Crippen LogP contribution is 2.24. The van der Waals surface area contributed by atoms with Gasteiger partial charge >= 0.3 is 0 Å². The Morgan fingerprint density at radius 3 is 2.32 bits per heavy atom. The van der Waals surface area contributed by atoms with Crippen LogP contribution in [0.15, 0.2) is 36.5 Å². The molecule has 12 heteroatoms. The van der Waals surface area contributed by atoms with Crippen LogP contribution in [0.2, 0.25) is 0 Å². The number of aromatic nitrogens is 4. The number of benzene rings is 1. The lowest BCUT2D eigenvalue weighted by molar-refractivity contribution is 0.141. The summed E-state index contributed by atoms with van der Waals surface area (Å²) in [5.41, 5.74) is 8.56. The Balaban J connectivity index is 0.00000320. The second-order valence-corrected chi connectivity index (χ2v) is 9.13. The number of halogens is 3. The number of hydrogen-bond acceptors (Lipinski definition) is 8. The molecule has 2 saturated heterocycles. The highest BCUT2D eigenvalue weighted by Gasteiger charge is 2.26. The van der Waals surface area contributed by atoms with E-state index in [1.807, 2.05) is 22.1 Å². The van der Waals surface area contributed by atoms with Crippen molar-refractivity contribution in [3.63, 3.8) is 0 Å². The number of aliphatic hydroxyl groups is 1. The minimum Gasteiger partial charge on any atom is -0.389 e. The molecule has 198 valence electrons. The second kappa shape index (κ2) is 11.4. The molecule has 0 atom stereocenters. The number of nitrogen functional groups attached to an aromatic ring is 1. The van der Waals surface area contributed by atoms with Gasteiger partial charge < -0.3 is 20.6 Å². The van der Waals surface area contributed by atoms with Crippen LogP contribution in [-0.4, -0.2) is 81.7 Å². The van der Waals surface area contributed by atoms with Gasteiger partial charge in [0.2, 0.25) is 5.95 Å². The molecule has 9 nitrogen and oxygen atoms in total. The first-order chi connectivity index (χ1) is 17.4. The van der Waals surface area contributed by atoms with Crippen LogP contribution < -0.4 is 15.5 Å². The first-order valence-electron chi connectivity index (χ1n) is 12.1. The Bertz CT molecular complexity index is 1240. The maximum absolute atomic E-state index is 13.5. The molecule has 0 radical (unpaired) electrons. The lowest BCUT2D eigenvalue weighted by Gasteiger charge is -2.36. The molecule has 0 unspecified atom stereocenters. The number of aliphatic hydroxyl groups excluding tert-OH is 1. The van der Waals surface area contributed by atoms with Crippen LogP contribution in [0.4, 0.5) is 26.2 Å². The lowest BCUT2D eigenvalue weighted by atomic mass is 10.1. The zero-order valence-corrected chi connectivity index (χ0v) is 21.4. The quantitative estimate of drug-likeness (QED) is 0.479. The largest absolute Gasteiger partial charge is 0.389 e. The van der Waals surface area contributed by atoms with Crippen LogP contribution in [0, 0.1) is 11.6 Å². The molecule has 3 N–H and O–H groups in total. The van der Waals surface area contributed by atoms with Gasteiger partial charge in [-0.05, 0) is 18.6 Å². The summed E-state index contributed by atoms with van der Waals surface area (Å²) < 4.78 is 28.9. The summed E-state index contributed by atoms with van der Waals surface area (Å²) in [5, 5.41) is 14.2. The molecule has 0 bridgehead atoms. The van der Waals surface area contributed by atoms with E-state index >= 15 is 0 Å². The van der Waals surface area contributed by atoms with Crippen molar-refractivity contribution in [2.45, 2.75) is 19.4 Å². The molecule has 2 aromatic heterocycles. The third-order valence-electron chi connectivity index (χ3n) is 6.60. The van der Waals surface area contributed by atoms with Crippen LogP contribution in [-0.2, 0) is 6.42 Å². The molecule has 2 aliphatic rings. The van der Waals surface area contributed by atoms with Gasteiger partial charge in [-0.15, -0.1) is 12.4 Å². The van der Waals surface area contributed by atoms with E-state index in [-0.39, 0.29) is 24.5 Å². The van der Waals surface area contributed by atoms with Crippen molar-refractivity contribution in [2.24, 2.45) is 0 Å². The molecule has 0 saturated carbocycles.